The standard InChI is InChI=1S/C30H40N2O2/c1-23-7-6-21-32(23)22-17-25-9-11-26(12-10-25)27-13-15-28(16-14-27)30(18-3-4-19-30)29(34)31-20-5-8-24(2)33/h9-16,23H,3-8,17-22H2,1-2H3,(H,31,34). The fourth-order valence-electron chi connectivity index (χ4n) is 5.78. The number of benzene rings is 2. The van der Waals surface area contributed by atoms with Gasteiger partial charge in [-0.25, -0.2) is 0 Å². The molecule has 1 saturated heterocycles. The molecule has 1 atom stereocenters. The van der Waals surface area contributed by atoms with E-state index in [0.29, 0.717) is 19.4 Å². The van der Waals surface area contributed by atoms with Gasteiger partial charge in [0.1, 0.15) is 5.78 Å². The Kier molecular flexibility index (Phi) is 8.20. The summed E-state index contributed by atoms with van der Waals surface area (Å²) in [5.41, 5.74) is 4.50. The largest absolute Gasteiger partial charge is 0.355 e. The van der Waals surface area contributed by atoms with E-state index in [0.717, 1.165) is 50.3 Å². The molecule has 2 aromatic carbocycles. The van der Waals surface area contributed by atoms with Gasteiger partial charge in [-0.05, 0) is 81.2 Å². The Bertz CT molecular complexity index is 958. The van der Waals surface area contributed by atoms with E-state index >= 15 is 0 Å². The molecule has 0 radical (unpaired) electrons. The summed E-state index contributed by atoms with van der Waals surface area (Å²) >= 11 is 0. The van der Waals surface area contributed by atoms with Crippen molar-refractivity contribution >= 4 is 11.7 Å². The molecule has 34 heavy (non-hydrogen) atoms. The highest BCUT2D eigenvalue weighted by atomic mass is 16.2. The first-order valence-electron chi connectivity index (χ1n) is 13.2. The third kappa shape index (κ3) is 5.78. The molecule has 2 aromatic rings. The van der Waals surface area contributed by atoms with Gasteiger partial charge in [0.2, 0.25) is 5.91 Å². The summed E-state index contributed by atoms with van der Waals surface area (Å²) in [6.45, 7) is 6.90. The molecule has 1 aliphatic carbocycles. The van der Waals surface area contributed by atoms with Crippen molar-refractivity contribution in [2.24, 2.45) is 0 Å². The van der Waals surface area contributed by atoms with Gasteiger partial charge in [-0.15, -0.1) is 0 Å². The number of carbonyl (C=O) groups is 2. The van der Waals surface area contributed by atoms with Crippen molar-refractivity contribution < 1.29 is 9.59 Å². The van der Waals surface area contributed by atoms with E-state index in [1.54, 1.807) is 6.92 Å². The predicted octanol–water partition coefficient (Wildman–Crippen LogP) is 5.68. The van der Waals surface area contributed by atoms with Gasteiger partial charge in [0.25, 0.3) is 0 Å². The second-order valence-electron chi connectivity index (χ2n) is 10.4. The Balaban J connectivity index is 1.39. The molecule has 1 saturated carbocycles. The number of nitrogens with zero attached hydrogens (tertiary/aromatic N) is 1. The van der Waals surface area contributed by atoms with Crippen LogP contribution in [0.1, 0.15) is 76.3 Å². The second kappa shape index (κ2) is 11.3. The van der Waals surface area contributed by atoms with Gasteiger partial charge in [0.05, 0.1) is 5.41 Å². The molecule has 4 heteroatoms. The molecular weight excluding hydrogens is 420 g/mol. The topological polar surface area (TPSA) is 49.4 Å². The lowest BCUT2D eigenvalue weighted by Gasteiger charge is -2.28. The summed E-state index contributed by atoms with van der Waals surface area (Å²) < 4.78 is 0. The van der Waals surface area contributed by atoms with Crippen LogP contribution in [0.3, 0.4) is 0 Å². The number of hydrogen-bond acceptors (Lipinski definition) is 3. The highest BCUT2D eigenvalue weighted by Gasteiger charge is 2.42. The minimum absolute atomic E-state index is 0.123. The van der Waals surface area contributed by atoms with Crippen LogP contribution >= 0.6 is 0 Å². The fraction of sp³-hybridized carbons (Fsp3) is 0.533. The molecule has 2 fully saturated rings. The Morgan fingerprint density at radius 2 is 1.62 bits per heavy atom. The van der Waals surface area contributed by atoms with Crippen molar-refractivity contribution in [1.82, 2.24) is 10.2 Å². The van der Waals surface area contributed by atoms with E-state index in [-0.39, 0.29) is 11.7 Å². The lowest BCUT2D eigenvalue weighted by atomic mass is 9.77. The number of nitrogens with one attached hydrogen (secondary N) is 1. The average Bonchev–Trinajstić information content (AvgIpc) is 3.51. The first-order chi connectivity index (χ1) is 16.5. The van der Waals surface area contributed by atoms with Gasteiger partial charge in [0, 0.05) is 25.6 Å². The van der Waals surface area contributed by atoms with Crippen LogP contribution in [0.15, 0.2) is 48.5 Å². The average molecular weight is 461 g/mol. The zero-order valence-electron chi connectivity index (χ0n) is 20.9. The van der Waals surface area contributed by atoms with Crippen molar-refractivity contribution in [2.45, 2.75) is 83.1 Å². The zero-order valence-corrected chi connectivity index (χ0v) is 20.9. The van der Waals surface area contributed by atoms with E-state index < -0.39 is 5.41 Å². The molecule has 0 aromatic heterocycles. The van der Waals surface area contributed by atoms with Crippen LogP contribution in [0, 0.1) is 0 Å². The molecule has 1 unspecified atom stereocenters. The molecule has 4 nitrogen and oxygen atoms in total. The first kappa shape index (κ1) is 24.7. The lowest BCUT2D eigenvalue weighted by Crippen LogP contribution is -2.43. The summed E-state index contributed by atoms with van der Waals surface area (Å²) in [7, 11) is 0. The molecule has 1 amide bonds. The van der Waals surface area contributed by atoms with E-state index in [4.69, 9.17) is 0 Å². The fourth-order valence-corrected chi connectivity index (χ4v) is 5.78. The Morgan fingerprint density at radius 1 is 0.971 bits per heavy atom. The molecule has 1 N–H and O–H groups in total. The molecule has 1 heterocycles. The van der Waals surface area contributed by atoms with Gasteiger partial charge in [-0.1, -0.05) is 61.4 Å². The van der Waals surface area contributed by atoms with Gasteiger partial charge in [0.15, 0.2) is 0 Å². The second-order valence-corrected chi connectivity index (χ2v) is 10.4. The van der Waals surface area contributed by atoms with Crippen LogP contribution in [0.5, 0.6) is 0 Å². The maximum Gasteiger partial charge on any atom is 0.230 e. The highest BCUT2D eigenvalue weighted by molar-refractivity contribution is 5.89. The van der Waals surface area contributed by atoms with E-state index in [1.165, 1.54) is 36.1 Å². The Labute approximate surface area is 205 Å². The quantitative estimate of drug-likeness (QED) is 0.464. The number of Topliss-reactive ketones (excluding diaryl/α,β-unsaturated/α-hetero) is 1. The van der Waals surface area contributed by atoms with Gasteiger partial charge >= 0.3 is 0 Å². The van der Waals surface area contributed by atoms with Gasteiger partial charge < -0.3 is 15.0 Å². The van der Waals surface area contributed by atoms with Crippen LogP contribution < -0.4 is 5.32 Å². The minimum atomic E-state index is -0.425. The minimum Gasteiger partial charge on any atom is -0.355 e. The first-order valence-corrected chi connectivity index (χ1v) is 13.2. The number of rotatable bonds is 10. The summed E-state index contributed by atoms with van der Waals surface area (Å²) in [5.74, 6) is 0.299. The SMILES string of the molecule is CC(=O)CCCNC(=O)C1(c2ccc(-c3ccc(CCN4CCCC4C)cc3)cc2)CCCC1. The lowest BCUT2D eigenvalue weighted by molar-refractivity contribution is -0.127. The molecule has 0 bridgehead atoms. The summed E-state index contributed by atoms with van der Waals surface area (Å²) in [6, 6.07) is 18.3. The monoisotopic (exact) mass is 460 g/mol. The van der Waals surface area contributed by atoms with Gasteiger partial charge in [-0.3, -0.25) is 4.79 Å². The molecule has 1 aliphatic heterocycles. The molecule has 4 rings (SSSR count). The molecule has 0 spiro atoms. The smallest absolute Gasteiger partial charge is 0.230 e. The summed E-state index contributed by atoms with van der Waals surface area (Å²) in [4.78, 5) is 27.0. The van der Waals surface area contributed by atoms with Gasteiger partial charge in [-0.2, -0.15) is 0 Å². The number of carbonyl (C=O) groups excluding carboxylic acids is 2. The normalized spacial score (nSPS) is 19.9. The third-order valence-corrected chi connectivity index (χ3v) is 7.99. The number of likely N-dealkylation sites (tertiary alicyclic amines) is 1. The number of hydrogen-bond donors (Lipinski definition) is 1. The Hall–Kier alpha value is -2.46. The molecule has 2 aliphatic rings. The van der Waals surface area contributed by atoms with E-state index in [1.807, 2.05) is 0 Å². The third-order valence-electron chi connectivity index (χ3n) is 7.99. The molecular formula is C30H40N2O2. The zero-order chi connectivity index (χ0) is 24.0. The predicted molar refractivity (Wildman–Crippen MR) is 139 cm³/mol. The van der Waals surface area contributed by atoms with Crippen LogP contribution in [-0.2, 0) is 21.4 Å². The van der Waals surface area contributed by atoms with Crippen molar-refractivity contribution in [3.63, 3.8) is 0 Å². The summed E-state index contributed by atoms with van der Waals surface area (Å²) in [5, 5.41) is 3.11. The van der Waals surface area contributed by atoms with Crippen LogP contribution in [0.4, 0.5) is 0 Å². The number of amides is 1. The highest BCUT2D eigenvalue weighted by Crippen LogP contribution is 2.42. The maximum absolute atomic E-state index is 13.2. The summed E-state index contributed by atoms with van der Waals surface area (Å²) in [6.07, 6.45) is 8.97. The van der Waals surface area contributed by atoms with Crippen molar-refractivity contribution in [3.8, 4) is 11.1 Å². The number of ketones is 1. The van der Waals surface area contributed by atoms with Crippen LogP contribution in [-0.4, -0.2) is 42.3 Å². The van der Waals surface area contributed by atoms with Crippen molar-refractivity contribution in [1.29, 1.82) is 0 Å². The molecule has 182 valence electrons. The van der Waals surface area contributed by atoms with E-state index in [9.17, 15) is 9.59 Å². The Morgan fingerprint density at radius 3 is 2.21 bits per heavy atom. The van der Waals surface area contributed by atoms with E-state index in [2.05, 4.69) is 65.7 Å². The van der Waals surface area contributed by atoms with Crippen LogP contribution in [0.25, 0.3) is 11.1 Å². The van der Waals surface area contributed by atoms with Crippen LogP contribution in [0.2, 0.25) is 0 Å². The van der Waals surface area contributed by atoms with Crippen molar-refractivity contribution in [2.75, 3.05) is 19.6 Å². The van der Waals surface area contributed by atoms with Crippen molar-refractivity contribution in [3.05, 3.63) is 59.7 Å². The maximum atomic E-state index is 13.2.